The summed E-state index contributed by atoms with van der Waals surface area (Å²) in [5.41, 5.74) is 8.96. The van der Waals surface area contributed by atoms with E-state index in [0.29, 0.717) is 0 Å². The molecule has 98 valence electrons. The van der Waals surface area contributed by atoms with Crippen LogP contribution in [-0.2, 0) is 19.3 Å². The average molecular weight is 289 g/mol. The normalized spacial score (nSPS) is 16.1. The van der Waals surface area contributed by atoms with Crippen LogP contribution < -0.4 is 5.73 Å². The number of aryl methyl sites for hydroxylation is 2. The molecule has 0 saturated carbocycles. The highest BCUT2D eigenvalue weighted by molar-refractivity contribution is 7.15. The quantitative estimate of drug-likeness (QED) is 0.804. The largest absolute Gasteiger partial charge is 0.323 e. The number of imidazole rings is 1. The van der Waals surface area contributed by atoms with Crippen molar-refractivity contribution in [3.05, 3.63) is 44.9 Å². The standard InChI is InChI=1S/C14H15N3S2/c15-11(13-6-9-2-1-3-12(9)19-13)7-10-8-17-4-5-18-14(17)16-10/h4-6,8,11H,1-3,7,15H2. The predicted octanol–water partition coefficient (Wildman–Crippen LogP) is 3.19. The maximum atomic E-state index is 6.34. The van der Waals surface area contributed by atoms with Gasteiger partial charge in [-0.15, -0.1) is 22.7 Å². The molecule has 5 heteroatoms. The van der Waals surface area contributed by atoms with Gasteiger partial charge in [0, 0.05) is 40.0 Å². The van der Waals surface area contributed by atoms with Crippen molar-refractivity contribution in [1.82, 2.24) is 9.38 Å². The van der Waals surface area contributed by atoms with Crippen molar-refractivity contribution in [1.29, 1.82) is 0 Å². The molecule has 0 radical (unpaired) electrons. The summed E-state index contributed by atoms with van der Waals surface area (Å²) in [5, 5.41) is 2.05. The fourth-order valence-corrected chi connectivity index (χ4v) is 4.71. The minimum Gasteiger partial charge on any atom is -0.323 e. The lowest BCUT2D eigenvalue weighted by Crippen LogP contribution is -2.12. The molecule has 1 atom stereocenters. The van der Waals surface area contributed by atoms with E-state index < -0.39 is 0 Å². The van der Waals surface area contributed by atoms with Crippen LogP contribution in [0.2, 0.25) is 0 Å². The Kier molecular flexibility index (Phi) is 2.72. The average Bonchev–Trinajstić information content (AvgIpc) is 3.05. The second-order valence-corrected chi connectivity index (χ2v) is 7.13. The summed E-state index contributed by atoms with van der Waals surface area (Å²) in [6.07, 6.45) is 8.75. The maximum absolute atomic E-state index is 6.34. The van der Waals surface area contributed by atoms with Crippen LogP contribution in [0.4, 0.5) is 0 Å². The zero-order valence-electron chi connectivity index (χ0n) is 10.5. The Labute approximate surface area is 119 Å². The maximum Gasteiger partial charge on any atom is 0.193 e. The molecule has 3 heterocycles. The summed E-state index contributed by atoms with van der Waals surface area (Å²) >= 11 is 3.57. The monoisotopic (exact) mass is 289 g/mol. The first-order chi connectivity index (χ1) is 9.29. The lowest BCUT2D eigenvalue weighted by molar-refractivity contribution is 0.723. The Morgan fingerprint density at radius 2 is 2.37 bits per heavy atom. The number of thiophene rings is 1. The van der Waals surface area contributed by atoms with Crippen LogP contribution >= 0.6 is 22.7 Å². The first kappa shape index (κ1) is 11.6. The second-order valence-electron chi connectivity index (χ2n) is 5.09. The van der Waals surface area contributed by atoms with Crippen LogP contribution in [0.15, 0.2) is 23.8 Å². The minimum atomic E-state index is 0.0835. The Hall–Kier alpha value is -1.17. The number of hydrogen-bond donors (Lipinski definition) is 1. The van der Waals surface area contributed by atoms with Crippen molar-refractivity contribution in [2.45, 2.75) is 31.7 Å². The molecular weight excluding hydrogens is 274 g/mol. The third kappa shape index (κ3) is 2.02. The summed E-state index contributed by atoms with van der Waals surface area (Å²) in [6, 6.07) is 2.40. The van der Waals surface area contributed by atoms with Crippen LogP contribution in [0.3, 0.4) is 0 Å². The van der Waals surface area contributed by atoms with E-state index >= 15 is 0 Å². The highest BCUT2D eigenvalue weighted by Crippen LogP contribution is 2.34. The van der Waals surface area contributed by atoms with Gasteiger partial charge < -0.3 is 5.73 Å². The topological polar surface area (TPSA) is 43.3 Å². The van der Waals surface area contributed by atoms with Crippen molar-refractivity contribution in [2.24, 2.45) is 5.73 Å². The van der Waals surface area contributed by atoms with Gasteiger partial charge in [0.15, 0.2) is 4.96 Å². The summed E-state index contributed by atoms with van der Waals surface area (Å²) < 4.78 is 2.07. The van der Waals surface area contributed by atoms with E-state index in [1.165, 1.54) is 29.7 Å². The molecular formula is C14H15N3S2. The lowest BCUT2D eigenvalue weighted by atomic mass is 10.1. The molecule has 0 spiro atoms. The van der Waals surface area contributed by atoms with E-state index in [1.54, 1.807) is 16.2 Å². The van der Waals surface area contributed by atoms with Gasteiger partial charge in [-0.25, -0.2) is 4.98 Å². The van der Waals surface area contributed by atoms with Crippen LogP contribution in [0.5, 0.6) is 0 Å². The third-order valence-corrected chi connectivity index (χ3v) is 5.84. The number of nitrogens with two attached hydrogens (primary N) is 1. The van der Waals surface area contributed by atoms with Gasteiger partial charge in [0.1, 0.15) is 0 Å². The molecule has 3 nitrogen and oxygen atoms in total. The van der Waals surface area contributed by atoms with Gasteiger partial charge in [-0.05, 0) is 30.9 Å². The van der Waals surface area contributed by atoms with Crippen molar-refractivity contribution >= 4 is 27.6 Å². The molecule has 3 aromatic rings. The Morgan fingerprint density at radius 3 is 3.21 bits per heavy atom. The molecule has 0 aliphatic heterocycles. The molecule has 0 fully saturated rings. The van der Waals surface area contributed by atoms with Crippen LogP contribution in [0.1, 0.15) is 33.5 Å². The van der Waals surface area contributed by atoms with E-state index in [2.05, 4.69) is 27.0 Å². The van der Waals surface area contributed by atoms with Crippen molar-refractivity contribution in [3.8, 4) is 0 Å². The fourth-order valence-electron chi connectivity index (χ4n) is 2.74. The Balaban J connectivity index is 1.56. The number of aromatic nitrogens is 2. The van der Waals surface area contributed by atoms with Crippen molar-refractivity contribution in [2.75, 3.05) is 0 Å². The van der Waals surface area contributed by atoms with Crippen LogP contribution in [0, 0.1) is 0 Å². The zero-order valence-corrected chi connectivity index (χ0v) is 12.1. The van der Waals surface area contributed by atoms with Gasteiger partial charge in [0.05, 0.1) is 5.69 Å². The number of fused-ring (bicyclic) bond motifs is 2. The van der Waals surface area contributed by atoms with E-state index in [9.17, 15) is 0 Å². The summed E-state index contributed by atoms with van der Waals surface area (Å²) in [7, 11) is 0. The van der Waals surface area contributed by atoms with Gasteiger partial charge in [-0.1, -0.05) is 0 Å². The van der Waals surface area contributed by atoms with Gasteiger partial charge in [-0.2, -0.15) is 0 Å². The van der Waals surface area contributed by atoms with Crippen LogP contribution in [-0.4, -0.2) is 9.38 Å². The molecule has 0 saturated heterocycles. The minimum absolute atomic E-state index is 0.0835. The van der Waals surface area contributed by atoms with Gasteiger partial charge >= 0.3 is 0 Å². The van der Waals surface area contributed by atoms with E-state index in [0.717, 1.165) is 17.1 Å². The highest BCUT2D eigenvalue weighted by atomic mass is 32.1. The molecule has 3 aromatic heterocycles. The molecule has 1 unspecified atom stereocenters. The zero-order chi connectivity index (χ0) is 12.8. The molecule has 19 heavy (non-hydrogen) atoms. The van der Waals surface area contributed by atoms with E-state index in [-0.39, 0.29) is 6.04 Å². The SMILES string of the molecule is NC(Cc1cn2ccsc2n1)c1cc2c(s1)CCC2. The number of nitrogens with zero attached hydrogens (tertiary/aromatic N) is 2. The summed E-state index contributed by atoms with van der Waals surface area (Å²) in [5.74, 6) is 0. The Morgan fingerprint density at radius 1 is 1.42 bits per heavy atom. The fraction of sp³-hybridized carbons (Fsp3) is 0.357. The number of hydrogen-bond acceptors (Lipinski definition) is 4. The molecule has 1 aliphatic carbocycles. The summed E-state index contributed by atoms with van der Waals surface area (Å²) in [6.45, 7) is 0. The predicted molar refractivity (Wildman–Crippen MR) is 80.0 cm³/mol. The number of rotatable bonds is 3. The van der Waals surface area contributed by atoms with Crippen molar-refractivity contribution < 1.29 is 0 Å². The van der Waals surface area contributed by atoms with Crippen LogP contribution in [0.25, 0.3) is 4.96 Å². The Bertz CT molecular complexity index is 672. The number of thiazole rings is 1. The molecule has 1 aliphatic rings. The second kappa shape index (κ2) is 4.44. The van der Waals surface area contributed by atoms with Crippen molar-refractivity contribution in [3.63, 3.8) is 0 Å². The van der Waals surface area contributed by atoms with Gasteiger partial charge in [-0.3, -0.25) is 4.40 Å². The summed E-state index contributed by atoms with van der Waals surface area (Å²) in [4.78, 5) is 8.53. The van der Waals surface area contributed by atoms with Gasteiger partial charge in [0.25, 0.3) is 0 Å². The third-order valence-electron chi connectivity index (χ3n) is 3.70. The van der Waals surface area contributed by atoms with E-state index in [4.69, 9.17) is 5.73 Å². The van der Waals surface area contributed by atoms with E-state index in [1.807, 2.05) is 17.5 Å². The lowest BCUT2D eigenvalue weighted by Gasteiger charge is -2.07. The molecule has 0 aromatic carbocycles. The molecule has 2 N–H and O–H groups in total. The first-order valence-electron chi connectivity index (χ1n) is 6.58. The smallest absolute Gasteiger partial charge is 0.193 e. The molecule has 0 amide bonds. The molecule has 4 rings (SSSR count). The molecule has 0 bridgehead atoms. The highest BCUT2D eigenvalue weighted by Gasteiger charge is 2.19. The first-order valence-corrected chi connectivity index (χ1v) is 8.27. The van der Waals surface area contributed by atoms with Gasteiger partial charge in [0.2, 0.25) is 0 Å².